The summed E-state index contributed by atoms with van der Waals surface area (Å²) in [6.45, 7) is 5.58. The van der Waals surface area contributed by atoms with Crippen LogP contribution in [0.5, 0.6) is 0 Å². The molecule has 5 heteroatoms. The number of hydrogen-bond donors (Lipinski definition) is 2. The van der Waals surface area contributed by atoms with Gasteiger partial charge in [-0.05, 0) is 17.5 Å². The summed E-state index contributed by atoms with van der Waals surface area (Å²) in [5.41, 5.74) is 2.92. The summed E-state index contributed by atoms with van der Waals surface area (Å²) in [6, 6.07) is 21.4. The van der Waals surface area contributed by atoms with Crippen LogP contribution in [0.2, 0.25) is 0 Å². The Morgan fingerprint density at radius 2 is 1.67 bits per heavy atom. The molecule has 2 N–H and O–H groups in total. The molecule has 1 unspecified atom stereocenters. The van der Waals surface area contributed by atoms with Gasteiger partial charge in [-0.1, -0.05) is 67.6 Å². The third-order valence-electron chi connectivity index (χ3n) is 4.92. The quantitative estimate of drug-likeness (QED) is 0.361. The van der Waals surface area contributed by atoms with E-state index in [4.69, 9.17) is 4.74 Å². The van der Waals surface area contributed by atoms with Gasteiger partial charge >= 0.3 is 0 Å². The van der Waals surface area contributed by atoms with Crippen LogP contribution < -0.4 is 10.6 Å². The predicted octanol–water partition coefficient (Wildman–Crippen LogP) is 3.83. The van der Waals surface area contributed by atoms with E-state index >= 15 is 0 Å². The van der Waals surface area contributed by atoms with Gasteiger partial charge in [0.05, 0.1) is 13.2 Å². The molecule has 0 aromatic heterocycles. The summed E-state index contributed by atoms with van der Waals surface area (Å²) in [7, 11) is 1.82. The Kier molecular flexibility index (Phi) is 8.57. The van der Waals surface area contributed by atoms with Crippen molar-refractivity contribution in [1.82, 2.24) is 10.6 Å². The predicted molar refractivity (Wildman–Crippen MR) is 123 cm³/mol. The molecule has 2 aromatic rings. The minimum Gasteiger partial charge on any atom is -0.380 e. The van der Waals surface area contributed by atoms with Crippen LogP contribution in [0.25, 0.3) is 0 Å². The molecule has 1 aliphatic heterocycles. The van der Waals surface area contributed by atoms with Crippen LogP contribution in [0.4, 0.5) is 0 Å². The molecule has 1 atom stereocenters. The molecular weight excluding hydrogens is 449 g/mol. The largest absolute Gasteiger partial charge is 0.380 e. The second-order valence-electron chi connectivity index (χ2n) is 7.41. The number of ether oxygens (including phenoxy) is 1. The fourth-order valence-electron chi connectivity index (χ4n) is 3.22. The molecule has 0 amide bonds. The van der Waals surface area contributed by atoms with Gasteiger partial charge in [0.15, 0.2) is 5.96 Å². The monoisotopic (exact) mass is 479 g/mol. The highest BCUT2D eigenvalue weighted by molar-refractivity contribution is 14.0. The Balaban J connectivity index is 0.00000261. The summed E-state index contributed by atoms with van der Waals surface area (Å²) in [4.78, 5) is 4.38. The molecule has 1 heterocycles. The van der Waals surface area contributed by atoms with Crippen LogP contribution in [0.3, 0.4) is 0 Å². The SMILES string of the molecule is CN=C(NCC(Cc1ccccc1)c1ccccc1)NCC1(C)COC1.I. The summed E-state index contributed by atoms with van der Waals surface area (Å²) >= 11 is 0. The molecule has 27 heavy (non-hydrogen) atoms. The first-order valence-corrected chi connectivity index (χ1v) is 9.30. The van der Waals surface area contributed by atoms with Crippen molar-refractivity contribution in [2.24, 2.45) is 10.4 Å². The third kappa shape index (κ3) is 6.50. The normalized spacial score (nSPS) is 16.6. The van der Waals surface area contributed by atoms with E-state index in [1.165, 1.54) is 11.1 Å². The molecule has 0 spiro atoms. The summed E-state index contributed by atoms with van der Waals surface area (Å²) in [6.07, 6.45) is 1.00. The van der Waals surface area contributed by atoms with Gasteiger partial charge in [0.25, 0.3) is 0 Å². The first-order chi connectivity index (χ1) is 12.7. The van der Waals surface area contributed by atoms with Gasteiger partial charge in [-0.25, -0.2) is 0 Å². The van der Waals surface area contributed by atoms with Crippen LogP contribution in [0.15, 0.2) is 65.7 Å². The zero-order valence-corrected chi connectivity index (χ0v) is 18.5. The minimum absolute atomic E-state index is 0. The number of nitrogens with zero attached hydrogens (tertiary/aromatic N) is 1. The Labute approximate surface area is 179 Å². The standard InChI is InChI=1S/C22H29N3O.HI/c1-22(16-26-17-22)15-25-21(23-2)24-14-20(19-11-7-4-8-12-19)13-18-9-5-3-6-10-18;/h3-12,20H,13-17H2,1-2H3,(H2,23,24,25);1H. The van der Waals surface area contributed by atoms with Crippen molar-refractivity contribution in [2.45, 2.75) is 19.3 Å². The Bertz CT molecular complexity index is 702. The molecule has 146 valence electrons. The van der Waals surface area contributed by atoms with E-state index in [-0.39, 0.29) is 29.4 Å². The number of halogens is 1. The van der Waals surface area contributed by atoms with E-state index in [0.29, 0.717) is 5.92 Å². The highest BCUT2D eigenvalue weighted by atomic mass is 127. The lowest BCUT2D eigenvalue weighted by atomic mass is 9.89. The highest BCUT2D eigenvalue weighted by Gasteiger charge is 2.33. The average molecular weight is 479 g/mol. The van der Waals surface area contributed by atoms with E-state index < -0.39 is 0 Å². The van der Waals surface area contributed by atoms with Gasteiger partial charge in [-0.3, -0.25) is 4.99 Å². The van der Waals surface area contributed by atoms with E-state index in [1.54, 1.807) is 0 Å². The van der Waals surface area contributed by atoms with E-state index in [1.807, 2.05) is 7.05 Å². The second-order valence-corrected chi connectivity index (χ2v) is 7.41. The molecule has 2 aromatic carbocycles. The van der Waals surface area contributed by atoms with Crippen LogP contribution in [-0.2, 0) is 11.2 Å². The highest BCUT2D eigenvalue weighted by Crippen LogP contribution is 2.25. The van der Waals surface area contributed by atoms with Crippen molar-refractivity contribution >= 4 is 29.9 Å². The molecule has 3 rings (SSSR count). The smallest absolute Gasteiger partial charge is 0.191 e. The maximum atomic E-state index is 5.33. The van der Waals surface area contributed by atoms with Crippen LogP contribution >= 0.6 is 24.0 Å². The van der Waals surface area contributed by atoms with Crippen molar-refractivity contribution in [3.8, 4) is 0 Å². The van der Waals surface area contributed by atoms with Crippen molar-refractivity contribution in [1.29, 1.82) is 0 Å². The molecular formula is C22H30IN3O. The third-order valence-corrected chi connectivity index (χ3v) is 4.92. The molecule has 0 saturated carbocycles. The second kappa shape index (κ2) is 10.7. The summed E-state index contributed by atoms with van der Waals surface area (Å²) < 4.78 is 5.33. The first kappa shape index (κ1) is 21.7. The van der Waals surface area contributed by atoms with Crippen molar-refractivity contribution in [2.75, 3.05) is 33.4 Å². The van der Waals surface area contributed by atoms with Gasteiger partial charge in [-0.2, -0.15) is 0 Å². The van der Waals surface area contributed by atoms with Crippen LogP contribution in [0, 0.1) is 5.41 Å². The zero-order chi connectivity index (χ0) is 18.2. The van der Waals surface area contributed by atoms with E-state index in [0.717, 1.165) is 38.7 Å². The van der Waals surface area contributed by atoms with Crippen molar-refractivity contribution < 1.29 is 4.74 Å². The Hall–Kier alpha value is -1.60. The summed E-state index contributed by atoms with van der Waals surface area (Å²) in [5, 5.41) is 6.95. The van der Waals surface area contributed by atoms with Gasteiger partial charge in [0, 0.05) is 31.5 Å². The number of benzene rings is 2. The first-order valence-electron chi connectivity index (χ1n) is 9.30. The summed E-state index contributed by atoms with van der Waals surface area (Å²) in [5.74, 6) is 1.24. The van der Waals surface area contributed by atoms with E-state index in [2.05, 4.69) is 83.2 Å². The molecule has 0 aliphatic carbocycles. The zero-order valence-electron chi connectivity index (χ0n) is 16.2. The fourth-order valence-corrected chi connectivity index (χ4v) is 3.22. The Morgan fingerprint density at radius 1 is 1.04 bits per heavy atom. The molecule has 0 bridgehead atoms. The number of guanidine groups is 1. The molecule has 1 fully saturated rings. The number of rotatable bonds is 7. The lowest BCUT2D eigenvalue weighted by molar-refractivity contribution is -0.0971. The van der Waals surface area contributed by atoms with Gasteiger partial charge in [0.1, 0.15) is 0 Å². The lowest BCUT2D eigenvalue weighted by Crippen LogP contribution is -2.51. The maximum Gasteiger partial charge on any atom is 0.191 e. The molecule has 4 nitrogen and oxygen atoms in total. The van der Waals surface area contributed by atoms with Gasteiger partial charge < -0.3 is 15.4 Å². The topological polar surface area (TPSA) is 45.7 Å². The van der Waals surface area contributed by atoms with Crippen LogP contribution in [0.1, 0.15) is 24.0 Å². The fraction of sp³-hybridized carbons (Fsp3) is 0.409. The van der Waals surface area contributed by atoms with Crippen molar-refractivity contribution in [3.05, 3.63) is 71.8 Å². The number of aliphatic imine (C=N–C) groups is 1. The van der Waals surface area contributed by atoms with Gasteiger partial charge in [0.2, 0.25) is 0 Å². The molecule has 1 aliphatic rings. The lowest BCUT2D eigenvalue weighted by Gasteiger charge is -2.38. The van der Waals surface area contributed by atoms with Gasteiger partial charge in [-0.15, -0.1) is 24.0 Å². The van der Waals surface area contributed by atoms with Crippen LogP contribution in [-0.4, -0.2) is 39.3 Å². The average Bonchev–Trinajstić information content (AvgIpc) is 2.67. The molecule has 0 radical (unpaired) electrons. The Morgan fingerprint density at radius 3 is 2.22 bits per heavy atom. The minimum atomic E-state index is 0. The van der Waals surface area contributed by atoms with Crippen molar-refractivity contribution in [3.63, 3.8) is 0 Å². The number of nitrogens with one attached hydrogen (secondary N) is 2. The maximum absolute atomic E-state index is 5.33. The molecule has 1 saturated heterocycles. The van der Waals surface area contributed by atoms with E-state index in [9.17, 15) is 0 Å². The number of hydrogen-bond acceptors (Lipinski definition) is 2.